The lowest BCUT2D eigenvalue weighted by molar-refractivity contribution is -0.166. The van der Waals surface area contributed by atoms with E-state index in [0.29, 0.717) is 17.8 Å². The van der Waals surface area contributed by atoms with Crippen molar-refractivity contribution < 1.29 is 33.4 Å². The fraction of sp³-hybridized carbons (Fsp3) is 0.649. The summed E-state index contributed by atoms with van der Waals surface area (Å²) >= 11 is 0. The van der Waals surface area contributed by atoms with Crippen LogP contribution in [0.2, 0.25) is 0 Å². The average molecular weight is 658 g/mol. The van der Waals surface area contributed by atoms with Crippen LogP contribution in [0.4, 0.5) is 11.4 Å². The Bertz CT molecular complexity index is 1130. The van der Waals surface area contributed by atoms with Crippen LogP contribution in [0.15, 0.2) is 36.4 Å². The summed E-state index contributed by atoms with van der Waals surface area (Å²) in [4.78, 5) is 60.6. The predicted octanol–water partition coefficient (Wildman–Crippen LogP) is 7.63. The van der Waals surface area contributed by atoms with Crippen molar-refractivity contribution >= 4 is 41.0 Å². The van der Waals surface area contributed by atoms with E-state index >= 15 is 0 Å². The molecule has 0 aromatic heterocycles. The normalized spacial score (nSPS) is 11.9. The number of carbonyl (C=O) groups is 5. The Morgan fingerprint density at radius 3 is 1.83 bits per heavy atom. The van der Waals surface area contributed by atoms with E-state index in [9.17, 15) is 24.0 Å². The summed E-state index contributed by atoms with van der Waals surface area (Å²) in [7, 11) is 0. The van der Waals surface area contributed by atoms with Gasteiger partial charge in [-0.1, -0.05) is 90.4 Å². The molecule has 10 nitrogen and oxygen atoms in total. The Kier molecular flexibility index (Phi) is 21.5. The first kappa shape index (κ1) is 41.3. The van der Waals surface area contributed by atoms with Crippen LogP contribution in [0.1, 0.15) is 131 Å². The lowest BCUT2D eigenvalue weighted by Gasteiger charge is -2.31. The highest BCUT2D eigenvalue weighted by molar-refractivity contribution is 5.94. The van der Waals surface area contributed by atoms with Crippen LogP contribution in [0.25, 0.3) is 0 Å². The van der Waals surface area contributed by atoms with Crippen molar-refractivity contribution in [2.45, 2.75) is 137 Å². The number of rotatable bonds is 25. The van der Waals surface area contributed by atoms with E-state index in [-0.39, 0.29) is 31.4 Å². The van der Waals surface area contributed by atoms with Gasteiger partial charge in [-0.3, -0.25) is 24.0 Å². The predicted molar refractivity (Wildman–Crippen MR) is 187 cm³/mol. The summed E-state index contributed by atoms with van der Waals surface area (Å²) in [6.45, 7) is 7.83. The molecule has 0 fully saturated rings. The number of carbonyl (C=O) groups excluding carboxylic acids is 5. The number of nitrogens with one attached hydrogen (secondary N) is 3. The lowest BCUT2D eigenvalue weighted by Crippen LogP contribution is -2.49. The number of esters is 2. The second-order valence-corrected chi connectivity index (χ2v) is 12.8. The van der Waals surface area contributed by atoms with Crippen molar-refractivity contribution in [3.8, 4) is 0 Å². The van der Waals surface area contributed by atoms with Gasteiger partial charge in [0.1, 0.15) is 6.61 Å². The summed E-state index contributed by atoms with van der Waals surface area (Å²) in [6.07, 6.45) is 19.5. The zero-order valence-electron chi connectivity index (χ0n) is 29.4. The van der Waals surface area contributed by atoms with Gasteiger partial charge in [-0.25, -0.2) is 0 Å². The van der Waals surface area contributed by atoms with Gasteiger partial charge >= 0.3 is 11.9 Å². The smallest absolute Gasteiger partial charge is 0.303 e. The molecule has 0 bridgehead atoms. The van der Waals surface area contributed by atoms with Crippen molar-refractivity contribution in [1.29, 1.82) is 0 Å². The van der Waals surface area contributed by atoms with Crippen molar-refractivity contribution in [3.63, 3.8) is 0 Å². The molecule has 10 heteroatoms. The van der Waals surface area contributed by atoms with Crippen LogP contribution < -0.4 is 16.0 Å². The van der Waals surface area contributed by atoms with E-state index in [2.05, 4.69) is 35.0 Å². The van der Waals surface area contributed by atoms with Crippen LogP contribution >= 0.6 is 0 Å². The Labute approximate surface area is 282 Å². The van der Waals surface area contributed by atoms with E-state index in [1.165, 1.54) is 71.6 Å². The lowest BCUT2D eigenvalue weighted by atomic mass is 9.86. The quantitative estimate of drug-likeness (QED) is 0.0558. The number of unbranched alkanes of at least 4 members (excludes halogenated alkanes) is 11. The van der Waals surface area contributed by atoms with E-state index in [1.807, 2.05) is 0 Å². The second-order valence-electron chi connectivity index (χ2n) is 12.8. The fourth-order valence-corrected chi connectivity index (χ4v) is 4.97. The maximum atomic E-state index is 12.8. The minimum atomic E-state index is -1.21. The summed E-state index contributed by atoms with van der Waals surface area (Å²) in [5.74, 6) is -2.17. The highest BCUT2D eigenvalue weighted by Crippen LogP contribution is 2.25. The Hall–Kier alpha value is -3.69. The van der Waals surface area contributed by atoms with Crippen LogP contribution in [0.5, 0.6) is 0 Å². The number of anilines is 2. The standard InChI is InChI=1S/C37H59N3O7/c1-6-7-8-9-10-11-12-13-14-15-16-17-18-19-20-24-33(43)39-31-22-21-23-32(27-31)40-34(44)25-26-38-36(45)35(47-30(3)42)37(4,5)28-46-29(2)41/h13-14,21-23,27,35H,6-12,15-20,24-26,28H2,1-5H3,(H,38,45)(H,39,43)(H,40,44). The Balaban J connectivity index is 2.31. The molecule has 0 saturated heterocycles. The minimum Gasteiger partial charge on any atom is -0.465 e. The number of amides is 3. The third kappa shape index (κ3) is 20.9. The molecule has 3 N–H and O–H groups in total. The van der Waals surface area contributed by atoms with Crippen molar-refractivity contribution in [2.75, 3.05) is 23.8 Å². The first-order valence-corrected chi connectivity index (χ1v) is 17.4. The monoisotopic (exact) mass is 657 g/mol. The highest BCUT2D eigenvalue weighted by atomic mass is 16.6. The number of benzene rings is 1. The first-order valence-electron chi connectivity index (χ1n) is 17.4. The van der Waals surface area contributed by atoms with Crippen molar-refractivity contribution in [3.05, 3.63) is 36.4 Å². The molecule has 1 atom stereocenters. The third-order valence-corrected chi connectivity index (χ3v) is 7.63. The Morgan fingerprint density at radius 2 is 1.28 bits per heavy atom. The van der Waals surface area contributed by atoms with E-state index in [4.69, 9.17) is 9.47 Å². The molecule has 264 valence electrons. The zero-order valence-corrected chi connectivity index (χ0v) is 29.4. The summed E-state index contributed by atoms with van der Waals surface area (Å²) in [6, 6.07) is 6.90. The maximum absolute atomic E-state index is 12.8. The minimum absolute atomic E-state index is 0.00153. The van der Waals surface area contributed by atoms with E-state index in [0.717, 1.165) is 25.7 Å². The topological polar surface area (TPSA) is 140 Å². The van der Waals surface area contributed by atoms with Crippen molar-refractivity contribution in [1.82, 2.24) is 5.32 Å². The van der Waals surface area contributed by atoms with Crippen LogP contribution in [-0.2, 0) is 33.4 Å². The summed E-state index contributed by atoms with van der Waals surface area (Å²) in [5, 5.41) is 8.27. The molecule has 0 aliphatic heterocycles. The maximum Gasteiger partial charge on any atom is 0.303 e. The summed E-state index contributed by atoms with van der Waals surface area (Å²) < 4.78 is 10.2. The van der Waals surface area contributed by atoms with E-state index in [1.54, 1.807) is 38.1 Å². The fourth-order valence-electron chi connectivity index (χ4n) is 4.97. The van der Waals surface area contributed by atoms with Gasteiger partial charge in [-0.2, -0.15) is 0 Å². The molecule has 0 saturated carbocycles. The molecule has 0 heterocycles. The molecule has 1 aromatic rings. The molecule has 3 amide bonds. The number of hydrogen-bond donors (Lipinski definition) is 3. The number of hydrogen-bond acceptors (Lipinski definition) is 7. The highest BCUT2D eigenvalue weighted by Gasteiger charge is 2.39. The molecule has 0 spiro atoms. The van der Waals surface area contributed by atoms with Gasteiger partial charge in [0.05, 0.1) is 0 Å². The van der Waals surface area contributed by atoms with Gasteiger partial charge in [0.15, 0.2) is 6.10 Å². The third-order valence-electron chi connectivity index (χ3n) is 7.63. The molecule has 1 unspecified atom stereocenters. The van der Waals surface area contributed by atoms with Gasteiger partial charge in [0.2, 0.25) is 11.8 Å². The molecule has 0 radical (unpaired) electrons. The van der Waals surface area contributed by atoms with Crippen LogP contribution in [0, 0.1) is 5.41 Å². The van der Waals surface area contributed by atoms with Gasteiger partial charge in [-0.05, 0) is 50.3 Å². The SMILES string of the molecule is CCCCCCCCC=CCCCCCCCC(=O)Nc1cccc(NC(=O)CCNC(=O)C(OC(C)=O)C(C)(C)COC(C)=O)c1. The van der Waals surface area contributed by atoms with E-state index < -0.39 is 29.4 Å². The molecular formula is C37H59N3O7. The molecule has 0 aliphatic rings. The zero-order chi connectivity index (χ0) is 34.9. The first-order chi connectivity index (χ1) is 22.4. The average Bonchev–Trinajstić information content (AvgIpc) is 3.00. The number of ether oxygens (including phenoxy) is 2. The Morgan fingerprint density at radius 1 is 0.745 bits per heavy atom. The molecule has 47 heavy (non-hydrogen) atoms. The largest absolute Gasteiger partial charge is 0.465 e. The van der Waals surface area contributed by atoms with Gasteiger partial charge < -0.3 is 25.4 Å². The van der Waals surface area contributed by atoms with Gasteiger partial charge in [0.25, 0.3) is 5.91 Å². The second kappa shape index (κ2) is 24.5. The van der Waals surface area contributed by atoms with Gasteiger partial charge in [-0.15, -0.1) is 0 Å². The molecule has 1 rings (SSSR count). The molecule has 1 aromatic carbocycles. The number of allylic oxidation sites excluding steroid dienone is 2. The van der Waals surface area contributed by atoms with Crippen molar-refractivity contribution in [2.24, 2.45) is 5.41 Å². The summed E-state index contributed by atoms with van der Waals surface area (Å²) in [5.41, 5.74) is 0.118. The van der Waals surface area contributed by atoms with Gasteiger partial charge in [0, 0.05) is 50.0 Å². The van der Waals surface area contributed by atoms with Crippen LogP contribution in [0.3, 0.4) is 0 Å². The molecule has 0 aliphatic carbocycles. The molecular weight excluding hydrogens is 598 g/mol. The van der Waals surface area contributed by atoms with Crippen LogP contribution in [-0.4, -0.2) is 48.9 Å².